The van der Waals surface area contributed by atoms with Crippen LogP contribution >= 0.6 is 0 Å². The van der Waals surface area contributed by atoms with E-state index >= 15 is 0 Å². The second kappa shape index (κ2) is 6.02. The van der Waals surface area contributed by atoms with Crippen LogP contribution in [0.25, 0.3) is 11.5 Å². The molecule has 0 radical (unpaired) electrons. The highest BCUT2D eigenvalue weighted by atomic mass is 16.4. The van der Waals surface area contributed by atoms with Crippen LogP contribution in [0.2, 0.25) is 0 Å². The Morgan fingerprint density at radius 2 is 1.95 bits per heavy atom. The summed E-state index contributed by atoms with van der Waals surface area (Å²) in [6.45, 7) is 7.09. The molecule has 0 saturated heterocycles. The molecule has 5 heteroatoms. The third-order valence-corrected chi connectivity index (χ3v) is 3.25. The lowest BCUT2D eigenvalue weighted by molar-refractivity contribution is -0.121. The maximum atomic E-state index is 12.0. The van der Waals surface area contributed by atoms with Gasteiger partial charge in [0.25, 0.3) is 0 Å². The van der Waals surface area contributed by atoms with Gasteiger partial charge in [-0.15, -0.1) is 0 Å². The molecular formula is C17H19N3O2. The van der Waals surface area contributed by atoms with Crippen LogP contribution in [0.1, 0.15) is 30.9 Å². The first-order valence-electron chi connectivity index (χ1n) is 7.06. The molecule has 1 aromatic heterocycles. The minimum absolute atomic E-state index is 0.0896. The highest BCUT2D eigenvalue weighted by molar-refractivity contribution is 5.79. The normalized spacial score (nSPS) is 11.0. The molecule has 0 aliphatic carbocycles. The van der Waals surface area contributed by atoms with Crippen molar-refractivity contribution in [2.24, 2.45) is 0 Å². The van der Waals surface area contributed by atoms with Crippen molar-refractivity contribution in [2.75, 3.05) is 0 Å². The number of aryl methyl sites for hydroxylation is 2. The monoisotopic (exact) mass is 297 g/mol. The average Bonchev–Trinajstić information content (AvgIpc) is 2.80. The Balaban J connectivity index is 2.15. The maximum absolute atomic E-state index is 12.0. The first-order valence-corrected chi connectivity index (χ1v) is 7.06. The minimum atomic E-state index is -0.894. The molecule has 1 amide bonds. The predicted molar refractivity (Wildman–Crippen MR) is 83.0 cm³/mol. The molecule has 2 rings (SSSR count). The fourth-order valence-electron chi connectivity index (χ4n) is 1.98. The molecule has 22 heavy (non-hydrogen) atoms. The molecule has 0 spiro atoms. The lowest BCUT2D eigenvalue weighted by Gasteiger charge is -2.16. The first-order chi connectivity index (χ1) is 10.3. The van der Waals surface area contributed by atoms with Crippen molar-refractivity contribution in [1.82, 2.24) is 10.3 Å². The number of amides is 1. The largest absolute Gasteiger partial charge is 0.441 e. The van der Waals surface area contributed by atoms with Crippen molar-refractivity contribution < 1.29 is 9.21 Å². The highest BCUT2D eigenvalue weighted by Crippen LogP contribution is 2.22. The number of aromatic nitrogens is 1. The van der Waals surface area contributed by atoms with Gasteiger partial charge in [0.2, 0.25) is 11.8 Å². The van der Waals surface area contributed by atoms with Crippen molar-refractivity contribution >= 4 is 5.91 Å². The number of nitrogens with one attached hydrogen (secondary N) is 1. The van der Waals surface area contributed by atoms with Gasteiger partial charge >= 0.3 is 0 Å². The van der Waals surface area contributed by atoms with Gasteiger partial charge in [0, 0.05) is 5.56 Å². The zero-order chi connectivity index (χ0) is 16.3. The second-order valence-corrected chi connectivity index (χ2v) is 5.85. The van der Waals surface area contributed by atoms with E-state index in [9.17, 15) is 4.79 Å². The van der Waals surface area contributed by atoms with E-state index in [2.05, 4.69) is 10.3 Å². The maximum Gasteiger partial charge on any atom is 0.227 e. The number of benzene rings is 1. The molecule has 2 aromatic rings. The fraction of sp³-hybridized carbons (Fsp3) is 0.353. The summed E-state index contributed by atoms with van der Waals surface area (Å²) < 4.78 is 5.64. The van der Waals surface area contributed by atoms with Crippen molar-refractivity contribution in [3.8, 4) is 17.5 Å². The number of carbonyl (C=O) groups excluding carboxylic acids is 1. The molecule has 0 atom stereocenters. The second-order valence-electron chi connectivity index (χ2n) is 5.85. The Bertz CT molecular complexity index is 721. The summed E-state index contributed by atoms with van der Waals surface area (Å²) in [5, 5.41) is 11.6. The topological polar surface area (TPSA) is 78.9 Å². The van der Waals surface area contributed by atoms with Gasteiger partial charge in [-0.3, -0.25) is 4.79 Å². The third kappa shape index (κ3) is 3.73. The Hall–Kier alpha value is -2.61. The summed E-state index contributed by atoms with van der Waals surface area (Å²) in [6, 6.07) is 9.87. The Kier molecular flexibility index (Phi) is 4.32. The molecule has 0 aliphatic heterocycles. The SMILES string of the molecule is Cc1ccc(-c2nc(CC(=O)NC(C)(C)C#N)c(C)o2)cc1. The lowest BCUT2D eigenvalue weighted by atomic mass is 10.1. The molecule has 0 fully saturated rings. The van der Waals surface area contributed by atoms with E-state index in [0.29, 0.717) is 17.3 Å². The van der Waals surface area contributed by atoms with E-state index < -0.39 is 5.54 Å². The summed E-state index contributed by atoms with van der Waals surface area (Å²) in [7, 11) is 0. The van der Waals surface area contributed by atoms with Crippen LogP contribution in [0.3, 0.4) is 0 Å². The van der Waals surface area contributed by atoms with E-state index in [0.717, 1.165) is 11.1 Å². The number of nitrogens with zero attached hydrogens (tertiary/aromatic N) is 2. The summed E-state index contributed by atoms with van der Waals surface area (Å²) in [5.41, 5.74) is 1.72. The van der Waals surface area contributed by atoms with E-state index in [1.807, 2.05) is 37.3 Å². The van der Waals surface area contributed by atoms with E-state index in [4.69, 9.17) is 9.68 Å². The Labute approximate surface area is 130 Å². The summed E-state index contributed by atoms with van der Waals surface area (Å²) in [5.74, 6) is 0.860. The quantitative estimate of drug-likeness (QED) is 0.941. The van der Waals surface area contributed by atoms with Gasteiger partial charge in [-0.2, -0.15) is 5.26 Å². The van der Waals surface area contributed by atoms with Gasteiger partial charge in [-0.1, -0.05) is 17.7 Å². The van der Waals surface area contributed by atoms with Crippen LogP contribution < -0.4 is 5.32 Å². The third-order valence-electron chi connectivity index (χ3n) is 3.25. The van der Waals surface area contributed by atoms with Crippen molar-refractivity contribution in [2.45, 2.75) is 39.7 Å². The highest BCUT2D eigenvalue weighted by Gasteiger charge is 2.21. The Morgan fingerprint density at radius 1 is 1.32 bits per heavy atom. The summed E-state index contributed by atoms with van der Waals surface area (Å²) in [6.07, 6.45) is 0.0896. The molecule has 114 valence electrons. The summed E-state index contributed by atoms with van der Waals surface area (Å²) in [4.78, 5) is 16.4. The molecule has 0 bridgehead atoms. The van der Waals surface area contributed by atoms with Gasteiger partial charge in [0.15, 0.2) is 0 Å². The van der Waals surface area contributed by atoms with E-state index in [1.165, 1.54) is 0 Å². The van der Waals surface area contributed by atoms with Gasteiger partial charge in [-0.05, 0) is 39.8 Å². The number of carbonyl (C=O) groups is 1. The number of hydrogen-bond donors (Lipinski definition) is 1. The molecule has 5 nitrogen and oxygen atoms in total. The molecule has 1 N–H and O–H groups in total. The zero-order valence-corrected chi connectivity index (χ0v) is 13.2. The van der Waals surface area contributed by atoms with Crippen molar-refractivity contribution in [3.05, 3.63) is 41.3 Å². The van der Waals surface area contributed by atoms with Gasteiger partial charge in [-0.25, -0.2) is 4.98 Å². The van der Waals surface area contributed by atoms with E-state index in [-0.39, 0.29) is 12.3 Å². The lowest BCUT2D eigenvalue weighted by Crippen LogP contribution is -2.42. The van der Waals surface area contributed by atoms with Crippen LogP contribution in [0.15, 0.2) is 28.7 Å². The first kappa shape index (κ1) is 15.8. The van der Waals surface area contributed by atoms with Crippen LogP contribution in [0.5, 0.6) is 0 Å². The van der Waals surface area contributed by atoms with Gasteiger partial charge < -0.3 is 9.73 Å². The molecule has 0 saturated carbocycles. The molecule has 0 unspecified atom stereocenters. The van der Waals surface area contributed by atoms with Gasteiger partial charge in [0.05, 0.1) is 18.2 Å². The Morgan fingerprint density at radius 3 is 2.55 bits per heavy atom. The fourth-order valence-corrected chi connectivity index (χ4v) is 1.98. The van der Waals surface area contributed by atoms with Crippen LogP contribution in [-0.4, -0.2) is 16.4 Å². The smallest absolute Gasteiger partial charge is 0.227 e. The number of nitriles is 1. The molecule has 0 aliphatic rings. The number of rotatable bonds is 4. The van der Waals surface area contributed by atoms with E-state index in [1.54, 1.807) is 20.8 Å². The van der Waals surface area contributed by atoms with Gasteiger partial charge in [0.1, 0.15) is 11.3 Å². The molecule has 1 heterocycles. The summed E-state index contributed by atoms with van der Waals surface area (Å²) >= 11 is 0. The van der Waals surface area contributed by atoms with Crippen LogP contribution in [0.4, 0.5) is 0 Å². The standard InChI is InChI=1S/C17H19N3O2/c1-11-5-7-13(8-6-11)16-19-14(12(2)22-16)9-15(21)20-17(3,4)10-18/h5-8H,9H2,1-4H3,(H,20,21). The number of oxazole rings is 1. The minimum Gasteiger partial charge on any atom is -0.441 e. The van der Waals surface area contributed by atoms with Crippen molar-refractivity contribution in [3.63, 3.8) is 0 Å². The van der Waals surface area contributed by atoms with Crippen LogP contribution in [-0.2, 0) is 11.2 Å². The van der Waals surface area contributed by atoms with Crippen molar-refractivity contribution in [1.29, 1.82) is 5.26 Å². The van der Waals surface area contributed by atoms with Crippen LogP contribution in [0, 0.1) is 25.2 Å². The molecule has 1 aromatic carbocycles. The predicted octanol–water partition coefficient (Wildman–Crippen LogP) is 2.92. The number of hydrogen-bond acceptors (Lipinski definition) is 4. The average molecular weight is 297 g/mol. The molecular weight excluding hydrogens is 278 g/mol. The zero-order valence-electron chi connectivity index (χ0n) is 13.2.